The number of nitrogens with one attached hydrogen (secondary N) is 1. The van der Waals surface area contributed by atoms with Crippen LogP contribution in [-0.2, 0) is 11.2 Å². The first-order valence-corrected chi connectivity index (χ1v) is 10.1. The summed E-state index contributed by atoms with van der Waals surface area (Å²) in [4.78, 5) is 28.1. The van der Waals surface area contributed by atoms with E-state index < -0.39 is 5.54 Å². The molecule has 5 nitrogen and oxygen atoms in total. The van der Waals surface area contributed by atoms with Crippen molar-refractivity contribution < 1.29 is 9.59 Å². The normalized spacial score (nSPS) is 23.1. The zero-order chi connectivity index (χ0) is 19.7. The summed E-state index contributed by atoms with van der Waals surface area (Å²) in [6, 6.07) is 15.1. The fourth-order valence-electron chi connectivity index (χ4n) is 4.56. The lowest BCUT2D eigenvalue weighted by atomic mass is 9.86. The van der Waals surface area contributed by atoms with Crippen LogP contribution in [0.1, 0.15) is 60.1 Å². The second kappa shape index (κ2) is 8.46. The van der Waals surface area contributed by atoms with Gasteiger partial charge < -0.3 is 16.0 Å². The highest BCUT2D eigenvalue weighted by Crippen LogP contribution is 2.35. The standard InChI is InChI=1S/C23H27N3O2.ClH/c1-23(13-6-14-26(23)21(27)16-7-3-2-4-8-16)22(28)25-20-10-5-9-17-15-18(24)11-12-19(17)20;/h2-4,7-8,11-12,15,20H,5-6,9-10,13-14,24H2,1H3,(H,25,28);1H. The van der Waals surface area contributed by atoms with E-state index in [2.05, 4.69) is 5.32 Å². The fraction of sp³-hybridized carbons (Fsp3) is 0.391. The van der Waals surface area contributed by atoms with Gasteiger partial charge in [0.15, 0.2) is 0 Å². The van der Waals surface area contributed by atoms with E-state index in [0.717, 1.165) is 36.9 Å². The van der Waals surface area contributed by atoms with Gasteiger partial charge in [-0.1, -0.05) is 24.3 Å². The molecule has 1 aliphatic heterocycles. The van der Waals surface area contributed by atoms with Crippen molar-refractivity contribution in [3.8, 4) is 0 Å². The van der Waals surface area contributed by atoms with Gasteiger partial charge in [0.1, 0.15) is 5.54 Å². The minimum absolute atomic E-state index is 0. The summed E-state index contributed by atoms with van der Waals surface area (Å²) in [7, 11) is 0. The molecule has 2 aromatic carbocycles. The van der Waals surface area contributed by atoms with Gasteiger partial charge in [-0.3, -0.25) is 9.59 Å². The number of hydrogen-bond acceptors (Lipinski definition) is 3. The van der Waals surface area contributed by atoms with E-state index in [1.54, 1.807) is 17.0 Å². The van der Waals surface area contributed by atoms with Crippen molar-refractivity contribution in [3.05, 3.63) is 65.2 Å². The molecule has 2 unspecified atom stereocenters. The van der Waals surface area contributed by atoms with E-state index >= 15 is 0 Å². The van der Waals surface area contributed by atoms with Crippen molar-refractivity contribution in [2.24, 2.45) is 0 Å². The lowest BCUT2D eigenvalue weighted by molar-refractivity contribution is -0.130. The second-order valence-corrected chi connectivity index (χ2v) is 8.08. The number of nitrogens with zero attached hydrogens (tertiary/aromatic N) is 1. The maximum atomic E-state index is 13.3. The number of anilines is 1. The molecule has 1 fully saturated rings. The Morgan fingerprint density at radius 2 is 1.90 bits per heavy atom. The number of halogens is 1. The molecule has 0 aromatic heterocycles. The van der Waals surface area contributed by atoms with Crippen LogP contribution in [0.3, 0.4) is 0 Å². The van der Waals surface area contributed by atoms with Crippen molar-refractivity contribution in [1.29, 1.82) is 0 Å². The first-order valence-electron chi connectivity index (χ1n) is 10.1. The molecule has 2 aliphatic rings. The highest BCUT2D eigenvalue weighted by Gasteiger charge is 2.46. The number of nitrogens with two attached hydrogens (primary N) is 1. The van der Waals surface area contributed by atoms with Gasteiger partial charge in [0.05, 0.1) is 6.04 Å². The average molecular weight is 414 g/mol. The van der Waals surface area contributed by atoms with Crippen molar-refractivity contribution >= 4 is 29.9 Å². The number of carbonyl (C=O) groups is 2. The maximum absolute atomic E-state index is 13.3. The third-order valence-electron chi connectivity index (χ3n) is 6.18. The highest BCUT2D eigenvalue weighted by molar-refractivity contribution is 5.99. The Kier molecular flexibility index (Phi) is 6.18. The van der Waals surface area contributed by atoms with Crippen LogP contribution in [0, 0.1) is 0 Å². The summed E-state index contributed by atoms with van der Waals surface area (Å²) >= 11 is 0. The highest BCUT2D eigenvalue weighted by atomic mass is 35.5. The lowest BCUT2D eigenvalue weighted by Gasteiger charge is -2.36. The summed E-state index contributed by atoms with van der Waals surface area (Å²) in [5, 5.41) is 3.24. The molecule has 2 amide bonds. The molecule has 2 aromatic rings. The smallest absolute Gasteiger partial charge is 0.254 e. The molecular formula is C23H28ClN3O2. The molecule has 3 N–H and O–H groups in total. The van der Waals surface area contributed by atoms with Crippen LogP contribution in [0.5, 0.6) is 0 Å². The van der Waals surface area contributed by atoms with Crippen molar-refractivity contribution in [3.63, 3.8) is 0 Å². The van der Waals surface area contributed by atoms with Crippen molar-refractivity contribution in [2.45, 2.75) is 50.6 Å². The molecule has 6 heteroatoms. The number of likely N-dealkylation sites (tertiary alicyclic amines) is 1. The van der Waals surface area contributed by atoms with E-state index in [0.29, 0.717) is 18.5 Å². The number of nitrogen functional groups attached to an aromatic ring is 1. The third kappa shape index (κ3) is 3.97. The molecular weight excluding hydrogens is 386 g/mol. The van der Waals surface area contributed by atoms with Crippen molar-refractivity contribution in [1.82, 2.24) is 10.2 Å². The predicted molar refractivity (Wildman–Crippen MR) is 117 cm³/mol. The van der Waals surface area contributed by atoms with Crippen LogP contribution in [-0.4, -0.2) is 28.8 Å². The van der Waals surface area contributed by atoms with Gasteiger partial charge in [-0.15, -0.1) is 12.4 Å². The minimum atomic E-state index is -0.821. The van der Waals surface area contributed by atoms with Gasteiger partial charge in [0.25, 0.3) is 5.91 Å². The zero-order valence-electron chi connectivity index (χ0n) is 16.7. The Balaban J connectivity index is 0.00000240. The lowest BCUT2D eigenvalue weighted by Crippen LogP contribution is -2.56. The zero-order valence-corrected chi connectivity index (χ0v) is 17.5. The SMILES string of the molecule is CC1(C(=O)NC2CCCc3cc(N)ccc32)CCCN1C(=O)c1ccccc1.Cl. The van der Waals surface area contributed by atoms with Gasteiger partial charge in [-0.05, 0) is 74.4 Å². The Hall–Kier alpha value is -2.53. The first kappa shape index (κ1) is 21.2. The quantitative estimate of drug-likeness (QED) is 0.750. The van der Waals surface area contributed by atoms with E-state index in [-0.39, 0.29) is 30.3 Å². The summed E-state index contributed by atoms with van der Waals surface area (Å²) in [5.74, 6) is -0.142. The van der Waals surface area contributed by atoms with Crippen LogP contribution >= 0.6 is 12.4 Å². The largest absolute Gasteiger partial charge is 0.399 e. The molecule has 0 spiro atoms. The Bertz CT molecular complexity index is 902. The number of benzene rings is 2. The van der Waals surface area contributed by atoms with E-state index in [4.69, 9.17) is 5.73 Å². The average Bonchev–Trinajstić information content (AvgIpc) is 3.11. The van der Waals surface area contributed by atoms with Crippen LogP contribution < -0.4 is 11.1 Å². The fourth-order valence-corrected chi connectivity index (χ4v) is 4.56. The second-order valence-electron chi connectivity index (χ2n) is 8.08. The molecule has 29 heavy (non-hydrogen) atoms. The molecule has 1 aliphatic carbocycles. The Morgan fingerprint density at radius 3 is 2.66 bits per heavy atom. The summed E-state index contributed by atoms with van der Waals surface area (Å²) in [5.41, 5.74) is 8.85. The summed E-state index contributed by atoms with van der Waals surface area (Å²) in [6.45, 7) is 2.50. The number of aryl methyl sites for hydroxylation is 1. The number of fused-ring (bicyclic) bond motifs is 1. The van der Waals surface area contributed by atoms with Crippen LogP contribution in [0.15, 0.2) is 48.5 Å². The number of hydrogen-bond donors (Lipinski definition) is 2. The van der Waals surface area contributed by atoms with Crippen LogP contribution in [0.4, 0.5) is 5.69 Å². The maximum Gasteiger partial charge on any atom is 0.254 e. The monoisotopic (exact) mass is 413 g/mol. The predicted octanol–water partition coefficient (Wildman–Crippen LogP) is 3.88. The minimum Gasteiger partial charge on any atom is -0.399 e. The number of amides is 2. The third-order valence-corrected chi connectivity index (χ3v) is 6.18. The van der Waals surface area contributed by atoms with E-state index in [1.165, 1.54) is 5.56 Å². The van der Waals surface area contributed by atoms with Crippen molar-refractivity contribution in [2.75, 3.05) is 12.3 Å². The van der Waals surface area contributed by atoms with Gasteiger partial charge in [0, 0.05) is 17.8 Å². The molecule has 2 atom stereocenters. The molecule has 0 bridgehead atoms. The van der Waals surface area contributed by atoms with Gasteiger partial charge in [0.2, 0.25) is 5.91 Å². The molecule has 154 valence electrons. The van der Waals surface area contributed by atoms with E-state index in [9.17, 15) is 9.59 Å². The Morgan fingerprint density at radius 1 is 1.14 bits per heavy atom. The van der Waals surface area contributed by atoms with Gasteiger partial charge in [-0.2, -0.15) is 0 Å². The van der Waals surface area contributed by atoms with Gasteiger partial charge in [-0.25, -0.2) is 0 Å². The molecule has 1 heterocycles. The molecule has 4 rings (SSSR count). The molecule has 0 saturated carbocycles. The Labute approximate surface area is 178 Å². The first-order chi connectivity index (χ1) is 13.5. The van der Waals surface area contributed by atoms with Gasteiger partial charge >= 0.3 is 0 Å². The number of carbonyl (C=O) groups excluding carboxylic acids is 2. The topological polar surface area (TPSA) is 75.4 Å². The molecule has 0 radical (unpaired) electrons. The number of rotatable bonds is 3. The van der Waals surface area contributed by atoms with E-state index in [1.807, 2.05) is 43.3 Å². The van der Waals surface area contributed by atoms with Crippen LogP contribution in [0.2, 0.25) is 0 Å². The summed E-state index contributed by atoms with van der Waals surface area (Å²) in [6.07, 6.45) is 4.43. The van der Waals surface area contributed by atoms with Crippen LogP contribution in [0.25, 0.3) is 0 Å². The summed E-state index contributed by atoms with van der Waals surface area (Å²) < 4.78 is 0. The molecule has 1 saturated heterocycles.